The molecule has 0 bridgehead atoms. The van der Waals surface area contributed by atoms with Crippen LogP contribution in [0.3, 0.4) is 0 Å². The summed E-state index contributed by atoms with van der Waals surface area (Å²) < 4.78 is 0. The van der Waals surface area contributed by atoms with E-state index >= 15 is 0 Å². The zero-order valence-corrected chi connectivity index (χ0v) is 11.0. The van der Waals surface area contributed by atoms with Crippen molar-refractivity contribution in [1.29, 1.82) is 0 Å². The second-order valence-corrected chi connectivity index (χ2v) is 4.97. The summed E-state index contributed by atoms with van der Waals surface area (Å²) in [6.07, 6.45) is -1.27. The Hall–Kier alpha value is -1.24. The number of thioether (sulfide) groups is 1. The monoisotopic (exact) mass is 270 g/mol. The lowest BCUT2D eigenvalue weighted by Crippen LogP contribution is -2.48. The zero-order chi connectivity index (χ0) is 13.4. The highest BCUT2D eigenvalue weighted by molar-refractivity contribution is 7.99. The van der Waals surface area contributed by atoms with Crippen molar-refractivity contribution >= 4 is 17.7 Å². The number of hydrogen-bond acceptors (Lipinski definition) is 5. The molecule has 18 heavy (non-hydrogen) atoms. The molecule has 1 amide bonds. The number of nitrogens with one attached hydrogen (secondary N) is 1. The fourth-order valence-corrected chi connectivity index (χ4v) is 1.89. The fourth-order valence-electron chi connectivity index (χ4n) is 1.20. The number of hydroxylamine groups is 1. The van der Waals surface area contributed by atoms with Crippen LogP contribution in [0.1, 0.15) is 6.92 Å². The van der Waals surface area contributed by atoms with Gasteiger partial charge in [-0.25, -0.2) is 0 Å². The van der Waals surface area contributed by atoms with Crippen LogP contribution >= 0.6 is 11.8 Å². The van der Waals surface area contributed by atoms with Gasteiger partial charge in [0.25, 0.3) is 5.91 Å². The summed E-state index contributed by atoms with van der Waals surface area (Å²) in [5.41, 5.74) is 7.86. The molecule has 0 aliphatic rings. The number of carbonyl (C=O) groups excluding carboxylic acids is 1. The van der Waals surface area contributed by atoms with Crippen molar-refractivity contribution in [2.24, 2.45) is 5.73 Å². The van der Waals surface area contributed by atoms with Crippen LogP contribution in [0.4, 0.5) is 0 Å². The van der Waals surface area contributed by atoms with Crippen LogP contribution in [0.25, 0.3) is 0 Å². The highest BCUT2D eigenvalue weighted by Gasteiger charge is 2.23. The molecule has 0 heterocycles. The number of aliphatic hydroxyl groups excluding tert-OH is 1. The Morgan fingerprint density at radius 3 is 2.78 bits per heavy atom. The molecule has 0 saturated heterocycles. The van der Waals surface area contributed by atoms with Gasteiger partial charge in [0.1, 0.15) is 0 Å². The number of para-hydroxylation sites is 1. The van der Waals surface area contributed by atoms with E-state index in [0.717, 1.165) is 5.75 Å². The maximum absolute atomic E-state index is 11.5. The largest absolute Gasteiger partial charge is 0.381 e. The number of hydrogen-bond donors (Lipinski definition) is 3. The second-order valence-electron chi connectivity index (χ2n) is 3.65. The third kappa shape index (κ3) is 4.95. The zero-order valence-electron chi connectivity index (χ0n) is 10.2. The first kappa shape index (κ1) is 14.8. The first-order valence-corrected chi connectivity index (χ1v) is 6.83. The summed E-state index contributed by atoms with van der Waals surface area (Å²) in [6, 6.07) is 8.18. The normalized spacial score (nSPS) is 13.7. The molecule has 1 aromatic rings. The quantitative estimate of drug-likeness (QED) is 0.630. The second kappa shape index (κ2) is 7.97. The molecule has 6 heteroatoms. The van der Waals surface area contributed by atoms with E-state index in [4.69, 9.17) is 10.6 Å². The highest BCUT2D eigenvalue weighted by atomic mass is 32.2. The van der Waals surface area contributed by atoms with Gasteiger partial charge in [-0.15, -0.1) is 0 Å². The Morgan fingerprint density at radius 2 is 2.17 bits per heavy atom. The summed E-state index contributed by atoms with van der Waals surface area (Å²) in [4.78, 5) is 16.6. The number of benzene rings is 1. The van der Waals surface area contributed by atoms with E-state index in [1.807, 2.05) is 13.0 Å². The minimum atomic E-state index is -1.27. The predicted octanol–water partition coefficient (Wildman–Crippen LogP) is 0.538. The van der Waals surface area contributed by atoms with Crippen molar-refractivity contribution in [2.75, 3.05) is 11.5 Å². The van der Waals surface area contributed by atoms with Crippen LogP contribution < -0.4 is 16.1 Å². The molecule has 4 N–H and O–H groups in total. The Labute approximate surface area is 111 Å². The molecular weight excluding hydrogens is 252 g/mol. The Bertz CT molecular complexity index is 362. The van der Waals surface area contributed by atoms with Gasteiger partial charge in [0.05, 0.1) is 0 Å². The van der Waals surface area contributed by atoms with E-state index in [-0.39, 0.29) is 0 Å². The van der Waals surface area contributed by atoms with Gasteiger partial charge in [0, 0.05) is 11.8 Å². The SMILES string of the molecule is CCSCC(N)C(O)C(=O)NOc1ccccc1. The average Bonchev–Trinajstić information content (AvgIpc) is 2.42. The molecular formula is C12H18N2O3S. The van der Waals surface area contributed by atoms with Crippen molar-refractivity contribution in [3.63, 3.8) is 0 Å². The van der Waals surface area contributed by atoms with Gasteiger partial charge in [0.15, 0.2) is 11.9 Å². The summed E-state index contributed by atoms with van der Waals surface area (Å²) in [5, 5.41) is 9.66. The molecule has 0 fully saturated rings. The van der Waals surface area contributed by atoms with Crippen molar-refractivity contribution in [3.8, 4) is 5.75 Å². The van der Waals surface area contributed by atoms with Gasteiger partial charge in [-0.1, -0.05) is 25.1 Å². The van der Waals surface area contributed by atoms with Gasteiger partial charge in [0.2, 0.25) is 0 Å². The molecule has 5 nitrogen and oxygen atoms in total. The molecule has 2 atom stereocenters. The molecule has 2 unspecified atom stereocenters. The van der Waals surface area contributed by atoms with E-state index in [1.165, 1.54) is 0 Å². The summed E-state index contributed by atoms with van der Waals surface area (Å²) >= 11 is 1.57. The van der Waals surface area contributed by atoms with Gasteiger partial charge < -0.3 is 15.7 Å². The van der Waals surface area contributed by atoms with Crippen molar-refractivity contribution in [3.05, 3.63) is 30.3 Å². The fraction of sp³-hybridized carbons (Fsp3) is 0.417. The Balaban J connectivity index is 2.36. The molecule has 0 aliphatic heterocycles. The van der Waals surface area contributed by atoms with Gasteiger partial charge in [-0.2, -0.15) is 17.2 Å². The Kier molecular flexibility index (Phi) is 6.56. The Morgan fingerprint density at radius 1 is 1.50 bits per heavy atom. The third-order valence-electron chi connectivity index (χ3n) is 2.20. The third-order valence-corrected chi connectivity index (χ3v) is 3.23. The molecule has 0 spiro atoms. The van der Waals surface area contributed by atoms with Crippen LogP contribution in [-0.4, -0.2) is 34.7 Å². The average molecular weight is 270 g/mol. The highest BCUT2D eigenvalue weighted by Crippen LogP contribution is 2.07. The summed E-state index contributed by atoms with van der Waals surface area (Å²) in [7, 11) is 0. The number of carbonyl (C=O) groups is 1. The minimum Gasteiger partial charge on any atom is -0.381 e. The van der Waals surface area contributed by atoms with Crippen LogP contribution in [0.5, 0.6) is 5.75 Å². The standard InChI is InChI=1S/C12H18N2O3S/c1-2-18-8-10(13)11(15)12(16)14-17-9-6-4-3-5-7-9/h3-7,10-11,15H,2,8,13H2,1H3,(H,14,16). The van der Waals surface area contributed by atoms with E-state index in [0.29, 0.717) is 11.5 Å². The molecule has 1 rings (SSSR count). The van der Waals surface area contributed by atoms with Crippen molar-refractivity contribution in [2.45, 2.75) is 19.1 Å². The van der Waals surface area contributed by atoms with E-state index in [1.54, 1.807) is 36.0 Å². The molecule has 0 radical (unpaired) electrons. The molecule has 0 aromatic heterocycles. The smallest absolute Gasteiger partial charge is 0.283 e. The first-order valence-electron chi connectivity index (χ1n) is 5.68. The number of rotatable bonds is 7. The first-order chi connectivity index (χ1) is 8.65. The van der Waals surface area contributed by atoms with Crippen molar-refractivity contribution < 1.29 is 14.7 Å². The lowest BCUT2D eigenvalue weighted by atomic mass is 10.2. The van der Waals surface area contributed by atoms with Gasteiger partial charge >= 0.3 is 0 Å². The molecule has 0 saturated carbocycles. The number of nitrogens with two attached hydrogens (primary N) is 1. The number of amides is 1. The molecule has 0 aliphatic carbocycles. The van der Waals surface area contributed by atoms with Crippen LogP contribution in [0.15, 0.2) is 30.3 Å². The lowest BCUT2D eigenvalue weighted by Gasteiger charge is -2.17. The van der Waals surface area contributed by atoms with E-state index in [2.05, 4.69) is 5.48 Å². The van der Waals surface area contributed by atoms with Crippen molar-refractivity contribution in [1.82, 2.24) is 5.48 Å². The summed E-state index contributed by atoms with van der Waals surface area (Å²) in [5.74, 6) is 1.27. The molecule has 1 aromatic carbocycles. The number of aliphatic hydroxyl groups is 1. The lowest BCUT2D eigenvalue weighted by molar-refractivity contribution is -0.137. The summed E-state index contributed by atoms with van der Waals surface area (Å²) in [6.45, 7) is 1.99. The maximum atomic E-state index is 11.5. The van der Waals surface area contributed by atoms with Crippen LogP contribution in [-0.2, 0) is 4.79 Å². The van der Waals surface area contributed by atoms with Crippen LogP contribution in [0, 0.1) is 0 Å². The van der Waals surface area contributed by atoms with E-state index in [9.17, 15) is 9.90 Å². The molecule has 100 valence electrons. The van der Waals surface area contributed by atoms with Gasteiger partial charge in [-0.3, -0.25) is 4.79 Å². The predicted molar refractivity (Wildman–Crippen MR) is 72.2 cm³/mol. The maximum Gasteiger partial charge on any atom is 0.283 e. The van der Waals surface area contributed by atoms with E-state index < -0.39 is 18.1 Å². The minimum absolute atomic E-state index is 0.495. The van der Waals surface area contributed by atoms with Gasteiger partial charge in [-0.05, 0) is 17.9 Å². The van der Waals surface area contributed by atoms with Crippen LogP contribution in [0.2, 0.25) is 0 Å². The topological polar surface area (TPSA) is 84.6 Å².